The number of amides is 2. The number of benzene rings is 2. The van der Waals surface area contributed by atoms with Gasteiger partial charge in [-0.25, -0.2) is 4.79 Å². The van der Waals surface area contributed by atoms with Crippen molar-refractivity contribution >= 4 is 18.0 Å². The molecule has 0 aromatic heterocycles. The Bertz CT molecular complexity index is 1030. The van der Waals surface area contributed by atoms with Crippen molar-refractivity contribution < 1.29 is 24.2 Å². The van der Waals surface area contributed by atoms with Gasteiger partial charge in [-0.05, 0) is 48.4 Å². The van der Waals surface area contributed by atoms with Crippen LogP contribution < -0.4 is 10.6 Å². The number of hydrogen-bond acceptors (Lipinski definition) is 5. The van der Waals surface area contributed by atoms with E-state index in [9.17, 15) is 14.4 Å². The second-order valence-corrected chi connectivity index (χ2v) is 8.43. The van der Waals surface area contributed by atoms with Crippen LogP contribution in [0.4, 0.5) is 4.79 Å². The van der Waals surface area contributed by atoms with Crippen LogP contribution in [0.1, 0.15) is 56.1 Å². The quantitative estimate of drug-likeness (QED) is 0.433. The van der Waals surface area contributed by atoms with Crippen molar-refractivity contribution in [3.05, 3.63) is 59.7 Å². The number of unbranched alkanes of at least 4 members (excludes halogenated alkanes) is 2. The first kappa shape index (κ1) is 24.8. The number of aliphatic carboxylic acids is 1. The molecule has 3 rings (SSSR count). The minimum Gasteiger partial charge on any atom is -0.481 e. The third-order valence-electron chi connectivity index (χ3n) is 5.85. The molecule has 1 aliphatic carbocycles. The molecule has 8 heteroatoms. The molecule has 0 bridgehead atoms. The topological polar surface area (TPSA) is 129 Å². The van der Waals surface area contributed by atoms with Crippen molar-refractivity contribution in [3.8, 4) is 17.2 Å². The molecular weight excluding hydrogens is 434 g/mol. The zero-order valence-electron chi connectivity index (χ0n) is 19.1. The normalized spacial score (nSPS) is 13.6. The standard InChI is InChI=1S/C26H29N3O5/c1-17(15-24(30)31)28-25(32)23(13-3-2-8-14-27)29-26(33)34-16-22-20-11-6-4-9-18(20)19-10-5-7-12-21(19)22/h4-7,9-12,17,22-23H,2-3,8,13,15-16H2,1H3,(H,28,32)(H,29,33)(H,30,31)/t17-,23?/m0/s1. The van der Waals surface area contributed by atoms with Crippen LogP contribution in [0, 0.1) is 11.3 Å². The van der Waals surface area contributed by atoms with Crippen LogP contribution >= 0.6 is 0 Å². The van der Waals surface area contributed by atoms with Gasteiger partial charge in [0, 0.05) is 18.4 Å². The highest BCUT2D eigenvalue weighted by Gasteiger charge is 2.30. The van der Waals surface area contributed by atoms with Crippen LogP contribution in [0.15, 0.2) is 48.5 Å². The van der Waals surface area contributed by atoms with Gasteiger partial charge in [-0.3, -0.25) is 9.59 Å². The minimum absolute atomic E-state index is 0.100. The number of nitrogens with one attached hydrogen (secondary N) is 2. The van der Waals surface area contributed by atoms with Crippen molar-refractivity contribution in [1.29, 1.82) is 5.26 Å². The molecular formula is C26H29N3O5. The van der Waals surface area contributed by atoms with E-state index in [1.54, 1.807) is 6.92 Å². The molecule has 178 valence electrons. The molecule has 0 spiro atoms. The molecule has 2 aromatic rings. The zero-order chi connectivity index (χ0) is 24.5. The summed E-state index contributed by atoms with van der Waals surface area (Å²) in [5.41, 5.74) is 4.41. The van der Waals surface area contributed by atoms with Gasteiger partial charge in [-0.15, -0.1) is 0 Å². The largest absolute Gasteiger partial charge is 0.481 e. The molecule has 0 radical (unpaired) electrons. The van der Waals surface area contributed by atoms with E-state index in [-0.39, 0.29) is 18.9 Å². The lowest BCUT2D eigenvalue weighted by molar-refractivity contribution is -0.137. The predicted molar refractivity (Wildman–Crippen MR) is 126 cm³/mol. The maximum absolute atomic E-state index is 12.7. The predicted octanol–water partition coefficient (Wildman–Crippen LogP) is 3.96. The number of nitriles is 1. The molecule has 2 aromatic carbocycles. The number of carboxylic acid groups (broad SMARTS) is 1. The summed E-state index contributed by atoms with van der Waals surface area (Å²) >= 11 is 0. The fraction of sp³-hybridized carbons (Fsp3) is 0.385. The minimum atomic E-state index is -1.03. The zero-order valence-corrected chi connectivity index (χ0v) is 19.1. The summed E-state index contributed by atoms with van der Waals surface area (Å²) in [5, 5.41) is 22.9. The number of alkyl carbamates (subject to hydrolysis) is 1. The number of ether oxygens (including phenoxy) is 1. The summed E-state index contributed by atoms with van der Waals surface area (Å²) in [6, 6.07) is 16.6. The SMILES string of the molecule is C[C@@H](CC(=O)O)NC(=O)C(CCCCC#N)NC(=O)OCC1c2ccccc2-c2ccccc21. The van der Waals surface area contributed by atoms with Gasteiger partial charge in [0.05, 0.1) is 12.5 Å². The first-order valence-electron chi connectivity index (χ1n) is 11.4. The van der Waals surface area contributed by atoms with Crippen molar-refractivity contribution in [3.63, 3.8) is 0 Å². The summed E-state index contributed by atoms with van der Waals surface area (Å²) in [6.07, 6.45) is 0.887. The highest BCUT2D eigenvalue weighted by Crippen LogP contribution is 2.44. The Hall–Kier alpha value is -3.86. The molecule has 8 nitrogen and oxygen atoms in total. The van der Waals surface area contributed by atoms with Crippen LogP contribution in [0.3, 0.4) is 0 Å². The molecule has 2 amide bonds. The summed E-state index contributed by atoms with van der Waals surface area (Å²) in [5.74, 6) is -1.60. The molecule has 0 heterocycles. The fourth-order valence-corrected chi connectivity index (χ4v) is 4.26. The van der Waals surface area contributed by atoms with Gasteiger partial charge >= 0.3 is 12.1 Å². The first-order valence-corrected chi connectivity index (χ1v) is 11.4. The van der Waals surface area contributed by atoms with E-state index in [2.05, 4.69) is 16.7 Å². The Labute approximate surface area is 198 Å². The van der Waals surface area contributed by atoms with Crippen molar-refractivity contribution in [2.24, 2.45) is 0 Å². The average molecular weight is 464 g/mol. The van der Waals surface area contributed by atoms with Gasteiger partial charge in [0.2, 0.25) is 5.91 Å². The van der Waals surface area contributed by atoms with E-state index >= 15 is 0 Å². The van der Waals surface area contributed by atoms with Gasteiger partial charge in [-0.1, -0.05) is 48.5 Å². The molecule has 1 aliphatic rings. The van der Waals surface area contributed by atoms with E-state index in [1.807, 2.05) is 48.5 Å². The number of carbonyl (C=O) groups is 3. The third kappa shape index (κ3) is 6.35. The number of hydrogen-bond donors (Lipinski definition) is 3. The summed E-state index contributed by atoms with van der Waals surface area (Å²) in [6.45, 7) is 1.71. The van der Waals surface area contributed by atoms with Crippen molar-refractivity contribution in [2.45, 2.75) is 57.0 Å². The number of rotatable bonds is 11. The average Bonchev–Trinajstić information content (AvgIpc) is 3.13. The Kier molecular flexibility index (Phi) is 8.63. The maximum atomic E-state index is 12.7. The highest BCUT2D eigenvalue weighted by molar-refractivity contribution is 5.86. The van der Waals surface area contributed by atoms with Gasteiger partial charge < -0.3 is 20.5 Å². The monoisotopic (exact) mass is 463 g/mol. The van der Waals surface area contributed by atoms with Crippen LogP contribution in [-0.4, -0.2) is 41.8 Å². The molecule has 2 atom stereocenters. The Morgan fingerprint density at radius 2 is 1.65 bits per heavy atom. The molecule has 3 N–H and O–H groups in total. The Morgan fingerprint density at radius 3 is 2.24 bits per heavy atom. The molecule has 1 unspecified atom stereocenters. The molecule has 0 saturated heterocycles. The lowest BCUT2D eigenvalue weighted by Crippen LogP contribution is -2.49. The second kappa shape index (κ2) is 11.8. The van der Waals surface area contributed by atoms with Gasteiger partial charge in [0.15, 0.2) is 0 Å². The van der Waals surface area contributed by atoms with Crippen LogP contribution in [0.25, 0.3) is 11.1 Å². The first-order chi connectivity index (χ1) is 16.4. The van der Waals surface area contributed by atoms with Gasteiger partial charge in [0.1, 0.15) is 12.6 Å². The maximum Gasteiger partial charge on any atom is 0.407 e. The number of fused-ring (bicyclic) bond motifs is 3. The van der Waals surface area contributed by atoms with Crippen LogP contribution in [-0.2, 0) is 14.3 Å². The van der Waals surface area contributed by atoms with Crippen molar-refractivity contribution in [1.82, 2.24) is 10.6 Å². The number of carboxylic acids is 1. The second-order valence-electron chi connectivity index (χ2n) is 8.43. The number of nitrogens with zero attached hydrogens (tertiary/aromatic N) is 1. The number of carbonyl (C=O) groups excluding carboxylic acids is 2. The van der Waals surface area contributed by atoms with Gasteiger partial charge in [-0.2, -0.15) is 5.26 Å². The third-order valence-corrected chi connectivity index (χ3v) is 5.85. The van der Waals surface area contributed by atoms with Crippen LogP contribution in [0.5, 0.6) is 0 Å². The van der Waals surface area contributed by atoms with E-state index < -0.39 is 30.1 Å². The van der Waals surface area contributed by atoms with Crippen molar-refractivity contribution in [2.75, 3.05) is 6.61 Å². The lowest BCUT2D eigenvalue weighted by atomic mass is 9.98. The summed E-state index contributed by atoms with van der Waals surface area (Å²) < 4.78 is 5.54. The van der Waals surface area contributed by atoms with E-state index in [0.29, 0.717) is 25.7 Å². The van der Waals surface area contributed by atoms with Crippen LogP contribution in [0.2, 0.25) is 0 Å². The Morgan fingerprint density at radius 1 is 1.03 bits per heavy atom. The molecule has 34 heavy (non-hydrogen) atoms. The smallest absolute Gasteiger partial charge is 0.407 e. The van der Waals surface area contributed by atoms with E-state index in [1.165, 1.54) is 0 Å². The Balaban J connectivity index is 1.63. The summed E-state index contributed by atoms with van der Waals surface area (Å²) in [7, 11) is 0. The van der Waals surface area contributed by atoms with E-state index in [4.69, 9.17) is 15.1 Å². The van der Waals surface area contributed by atoms with E-state index in [0.717, 1.165) is 22.3 Å². The summed E-state index contributed by atoms with van der Waals surface area (Å²) in [4.78, 5) is 36.2. The lowest BCUT2D eigenvalue weighted by Gasteiger charge is -2.21. The molecule has 0 aliphatic heterocycles. The fourth-order valence-electron chi connectivity index (χ4n) is 4.26. The highest BCUT2D eigenvalue weighted by atomic mass is 16.5. The molecule has 0 saturated carbocycles. The van der Waals surface area contributed by atoms with Gasteiger partial charge in [0.25, 0.3) is 0 Å². The molecule has 0 fully saturated rings.